The van der Waals surface area contributed by atoms with Gasteiger partial charge in [0.1, 0.15) is 12.1 Å². The van der Waals surface area contributed by atoms with Crippen molar-refractivity contribution in [2.75, 3.05) is 13.1 Å². The monoisotopic (exact) mass is 467 g/mol. The van der Waals surface area contributed by atoms with Gasteiger partial charge in [0.25, 0.3) is 0 Å². The van der Waals surface area contributed by atoms with Crippen molar-refractivity contribution in [3.05, 3.63) is 90.4 Å². The highest BCUT2D eigenvalue weighted by atomic mass is 16.2. The number of aromatic nitrogens is 3. The van der Waals surface area contributed by atoms with E-state index in [1.165, 1.54) is 5.56 Å². The first-order valence-electron chi connectivity index (χ1n) is 12.1. The fourth-order valence-corrected chi connectivity index (χ4v) is 4.58. The molecular weight excluding hydrogens is 438 g/mol. The lowest BCUT2D eigenvalue weighted by Gasteiger charge is -2.31. The van der Waals surface area contributed by atoms with Crippen LogP contribution in [-0.2, 0) is 22.6 Å². The van der Waals surface area contributed by atoms with Crippen LogP contribution in [0.15, 0.2) is 79.3 Å². The highest BCUT2D eigenvalue weighted by Crippen LogP contribution is 2.19. The Bertz CT molecular complexity index is 1290. The summed E-state index contributed by atoms with van der Waals surface area (Å²) in [6.07, 6.45) is 6.23. The summed E-state index contributed by atoms with van der Waals surface area (Å²) >= 11 is 0. The summed E-state index contributed by atoms with van der Waals surface area (Å²) in [5.74, 6) is 0.950. The zero-order valence-electron chi connectivity index (χ0n) is 19.6. The summed E-state index contributed by atoms with van der Waals surface area (Å²) in [6.45, 7) is 1.72. The highest BCUT2D eigenvalue weighted by Gasteiger charge is 2.27. The average Bonchev–Trinajstić information content (AvgIpc) is 3.35. The molecule has 0 spiro atoms. The van der Waals surface area contributed by atoms with Crippen LogP contribution in [-0.4, -0.2) is 44.3 Å². The summed E-state index contributed by atoms with van der Waals surface area (Å²) in [5, 5.41) is 3.04. The van der Waals surface area contributed by atoms with E-state index in [2.05, 4.69) is 15.3 Å². The molecule has 5 rings (SSSR count). The van der Waals surface area contributed by atoms with Crippen molar-refractivity contribution in [1.82, 2.24) is 24.8 Å². The number of carbonyl (C=O) groups excluding carboxylic acids is 2. The molecule has 178 valence electrons. The molecule has 0 bridgehead atoms. The topological polar surface area (TPSA) is 80.1 Å². The second-order valence-electron chi connectivity index (χ2n) is 8.99. The molecule has 1 aliphatic heterocycles. The Morgan fingerprint density at radius 3 is 2.43 bits per heavy atom. The lowest BCUT2D eigenvalue weighted by Crippen LogP contribution is -2.43. The quantitative estimate of drug-likeness (QED) is 0.447. The molecule has 1 saturated heterocycles. The van der Waals surface area contributed by atoms with E-state index in [0.717, 1.165) is 28.8 Å². The van der Waals surface area contributed by atoms with Crippen molar-refractivity contribution in [1.29, 1.82) is 0 Å². The lowest BCUT2D eigenvalue weighted by atomic mass is 9.95. The smallest absolute Gasteiger partial charge is 0.223 e. The molecular formula is C28H29N5O2. The van der Waals surface area contributed by atoms with Gasteiger partial charge in [0.05, 0.1) is 11.0 Å². The van der Waals surface area contributed by atoms with Crippen LogP contribution >= 0.6 is 0 Å². The van der Waals surface area contributed by atoms with Gasteiger partial charge in [-0.25, -0.2) is 9.97 Å². The summed E-state index contributed by atoms with van der Waals surface area (Å²) in [5.41, 5.74) is 4.05. The largest absolute Gasteiger partial charge is 0.352 e. The van der Waals surface area contributed by atoms with Crippen molar-refractivity contribution in [2.45, 2.75) is 32.2 Å². The van der Waals surface area contributed by atoms with Crippen LogP contribution in [0.5, 0.6) is 0 Å². The third-order valence-corrected chi connectivity index (χ3v) is 6.67. The number of benzene rings is 2. The minimum absolute atomic E-state index is 0.0473. The number of rotatable bonds is 7. The molecule has 0 aliphatic carbocycles. The molecule has 7 heteroatoms. The zero-order valence-corrected chi connectivity index (χ0v) is 19.6. The number of aryl methyl sites for hydroxylation is 1. The molecule has 3 heterocycles. The van der Waals surface area contributed by atoms with E-state index in [0.29, 0.717) is 38.9 Å². The molecule has 2 aromatic heterocycles. The van der Waals surface area contributed by atoms with Gasteiger partial charge >= 0.3 is 0 Å². The predicted molar refractivity (Wildman–Crippen MR) is 135 cm³/mol. The first-order valence-corrected chi connectivity index (χ1v) is 12.1. The number of para-hydroxylation sites is 2. The molecule has 0 atom stereocenters. The normalized spacial score (nSPS) is 14.2. The number of nitrogens with one attached hydrogen (secondary N) is 1. The van der Waals surface area contributed by atoms with Gasteiger partial charge < -0.3 is 10.2 Å². The molecule has 2 amide bonds. The number of pyridine rings is 1. The van der Waals surface area contributed by atoms with Gasteiger partial charge in [-0.05, 0) is 48.6 Å². The van der Waals surface area contributed by atoms with Crippen LogP contribution < -0.4 is 5.32 Å². The van der Waals surface area contributed by atoms with Crippen molar-refractivity contribution in [2.24, 2.45) is 5.92 Å². The molecule has 7 nitrogen and oxygen atoms in total. The summed E-state index contributed by atoms with van der Waals surface area (Å²) in [7, 11) is 0. The average molecular weight is 468 g/mol. The number of nitrogens with zero attached hydrogens (tertiary/aromatic N) is 4. The fourth-order valence-electron chi connectivity index (χ4n) is 4.58. The number of piperidine rings is 1. The van der Waals surface area contributed by atoms with E-state index in [4.69, 9.17) is 0 Å². The standard InChI is InChI=1S/C28H29N5O2/c34-27(13-11-21-6-2-1-3-7-21)32-16-14-23(15-17-32)28(35)30-19-22-10-12-26(29-18-22)33-20-31-24-8-4-5-9-25(24)33/h1-10,12,18,20,23H,11,13-17,19H2,(H,30,35). The predicted octanol–water partition coefficient (Wildman–Crippen LogP) is 3.91. The van der Waals surface area contributed by atoms with Crippen LogP contribution in [0.25, 0.3) is 16.9 Å². The van der Waals surface area contributed by atoms with Crippen LogP contribution in [0.2, 0.25) is 0 Å². The van der Waals surface area contributed by atoms with E-state index in [1.54, 1.807) is 12.5 Å². The van der Waals surface area contributed by atoms with Crippen molar-refractivity contribution >= 4 is 22.8 Å². The number of likely N-dealkylation sites (tertiary alicyclic amines) is 1. The van der Waals surface area contributed by atoms with Gasteiger partial charge in [-0.2, -0.15) is 0 Å². The maximum absolute atomic E-state index is 12.7. The Hall–Kier alpha value is -4.00. The van der Waals surface area contributed by atoms with E-state index >= 15 is 0 Å². The van der Waals surface area contributed by atoms with E-state index in [-0.39, 0.29) is 17.7 Å². The first-order chi connectivity index (χ1) is 17.2. The van der Waals surface area contributed by atoms with Gasteiger partial charge in [-0.1, -0.05) is 48.5 Å². The number of carbonyl (C=O) groups is 2. The Morgan fingerprint density at radius 2 is 1.66 bits per heavy atom. The molecule has 0 saturated carbocycles. The Morgan fingerprint density at radius 1 is 0.886 bits per heavy atom. The Kier molecular flexibility index (Phi) is 6.84. The number of hydrogen-bond donors (Lipinski definition) is 1. The van der Waals surface area contributed by atoms with Gasteiger partial charge in [0, 0.05) is 38.2 Å². The van der Waals surface area contributed by atoms with Gasteiger partial charge in [-0.15, -0.1) is 0 Å². The maximum Gasteiger partial charge on any atom is 0.223 e. The Balaban J connectivity index is 1.08. The van der Waals surface area contributed by atoms with Gasteiger partial charge in [0.2, 0.25) is 11.8 Å². The molecule has 1 aliphatic rings. The maximum atomic E-state index is 12.7. The van der Waals surface area contributed by atoms with E-state index in [9.17, 15) is 9.59 Å². The van der Waals surface area contributed by atoms with Crippen molar-refractivity contribution < 1.29 is 9.59 Å². The second kappa shape index (κ2) is 10.5. The van der Waals surface area contributed by atoms with Crippen molar-refractivity contribution in [3.63, 3.8) is 0 Å². The molecule has 2 aromatic carbocycles. The number of fused-ring (bicyclic) bond motifs is 1. The summed E-state index contributed by atoms with van der Waals surface area (Å²) in [4.78, 5) is 36.1. The van der Waals surface area contributed by atoms with Gasteiger partial charge in [0.15, 0.2) is 0 Å². The Labute approximate surface area is 204 Å². The van der Waals surface area contributed by atoms with Gasteiger partial charge in [-0.3, -0.25) is 14.2 Å². The van der Waals surface area contributed by atoms with E-state index < -0.39 is 0 Å². The van der Waals surface area contributed by atoms with E-state index in [1.807, 2.05) is 76.2 Å². The minimum atomic E-state index is -0.0577. The molecule has 1 fully saturated rings. The number of imidazole rings is 1. The minimum Gasteiger partial charge on any atom is -0.352 e. The molecule has 1 N–H and O–H groups in total. The van der Waals surface area contributed by atoms with Crippen LogP contribution in [0.4, 0.5) is 0 Å². The number of amides is 2. The first kappa shape index (κ1) is 22.8. The lowest BCUT2D eigenvalue weighted by molar-refractivity contribution is -0.135. The number of hydrogen-bond acceptors (Lipinski definition) is 4. The molecule has 4 aromatic rings. The second-order valence-corrected chi connectivity index (χ2v) is 8.99. The molecule has 0 unspecified atom stereocenters. The molecule has 0 radical (unpaired) electrons. The summed E-state index contributed by atoms with van der Waals surface area (Å²) in [6, 6.07) is 21.9. The SMILES string of the molecule is O=C(NCc1ccc(-n2cnc3ccccc32)nc1)C1CCN(C(=O)CCc2ccccc2)CC1. The van der Waals surface area contributed by atoms with Crippen LogP contribution in [0.1, 0.15) is 30.4 Å². The zero-order chi connectivity index (χ0) is 24.0. The highest BCUT2D eigenvalue weighted by molar-refractivity contribution is 5.80. The van der Waals surface area contributed by atoms with Crippen molar-refractivity contribution in [3.8, 4) is 5.82 Å². The third-order valence-electron chi connectivity index (χ3n) is 6.67. The van der Waals surface area contributed by atoms with Crippen LogP contribution in [0.3, 0.4) is 0 Å². The van der Waals surface area contributed by atoms with Crippen LogP contribution in [0, 0.1) is 5.92 Å². The summed E-state index contributed by atoms with van der Waals surface area (Å²) < 4.78 is 1.95. The third kappa shape index (κ3) is 5.40. The molecule has 35 heavy (non-hydrogen) atoms. The fraction of sp³-hybridized carbons (Fsp3) is 0.286.